The summed E-state index contributed by atoms with van der Waals surface area (Å²) in [6, 6.07) is 7.31. The molecule has 2 N–H and O–H groups in total. The Bertz CT molecular complexity index is 881. The second-order valence-corrected chi connectivity index (χ2v) is 6.68. The van der Waals surface area contributed by atoms with E-state index >= 15 is 0 Å². The van der Waals surface area contributed by atoms with Crippen molar-refractivity contribution in [3.63, 3.8) is 0 Å². The predicted molar refractivity (Wildman–Crippen MR) is 85.3 cm³/mol. The summed E-state index contributed by atoms with van der Waals surface area (Å²) in [4.78, 5) is 7.13. The van der Waals surface area contributed by atoms with Crippen LogP contribution in [0, 0.1) is 11.6 Å². The highest BCUT2D eigenvalue weighted by Gasteiger charge is 2.22. The topological polar surface area (TPSA) is 66.0 Å². The van der Waals surface area contributed by atoms with Gasteiger partial charge in [-0.2, -0.15) is 0 Å². The molecular weight excluding hydrogens is 322 g/mol. The van der Waals surface area contributed by atoms with E-state index in [2.05, 4.69) is 9.97 Å². The highest BCUT2D eigenvalue weighted by atomic mass is 32.2. The van der Waals surface area contributed by atoms with Crippen molar-refractivity contribution in [2.24, 2.45) is 0 Å². The summed E-state index contributed by atoms with van der Waals surface area (Å²) < 4.78 is 38.5. The Labute approximate surface area is 133 Å². The number of nitrogens with one attached hydrogen (secondary N) is 1. The largest absolute Gasteiger partial charge is 0.386 e. The van der Waals surface area contributed by atoms with Crippen LogP contribution < -0.4 is 0 Å². The average molecular weight is 336 g/mol. The molecule has 2 aromatic heterocycles. The molecular formula is C16H14F2N2O2S. The number of H-pyrrole nitrogens is 1. The van der Waals surface area contributed by atoms with Crippen LogP contribution >= 0.6 is 0 Å². The fourth-order valence-electron chi connectivity index (χ4n) is 2.55. The summed E-state index contributed by atoms with van der Waals surface area (Å²) in [7, 11) is -1.23. The molecule has 7 heteroatoms. The maximum atomic E-state index is 13.6. The smallest absolute Gasteiger partial charge is 0.160 e. The molecule has 120 valence electrons. The SMILES string of the molecule is CS(=O)CC(O)c1[nH]c2cc(F)c(F)cc2c1-c1ccccn1. The number of halogens is 2. The Morgan fingerprint density at radius 1 is 1.30 bits per heavy atom. The van der Waals surface area contributed by atoms with Gasteiger partial charge in [0.2, 0.25) is 0 Å². The van der Waals surface area contributed by atoms with Crippen LogP contribution in [0.5, 0.6) is 0 Å². The number of nitrogens with zero attached hydrogens (tertiary/aromatic N) is 1. The molecule has 0 saturated carbocycles. The zero-order chi connectivity index (χ0) is 16.6. The maximum Gasteiger partial charge on any atom is 0.160 e. The molecule has 0 bridgehead atoms. The summed E-state index contributed by atoms with van der Waals surface area (Å²) in [6.45, 7) is 0. The van der Waals surface area contributed by atoms with Crippen molar-refractivity contribution < 1.29 is 18.1 Å². The van der Waals surface area contributed by atoms with E-state index < -0.39 is 28.5 Å². The van der Waals surface area contributed by atoms with Crippen molar-refractivity contribution in [1.29, 1.82) is 0 Å². The van der Waals surface area contributed by atoms with Crippen molar-refractivity contribution in [1.82, 2.24) is 9.97 Å². The minimum Gasteiger partial charge on any atom is -0.386 e. The van der Waals surface area contributed by atoms with Gasteiger partial charge in [0.15, 0.2) is 11.6 Å². The van der Waals surface area contributed by atoms with Crippen LogP contribution in [0.2, 0.25) is 0 Å². The highest BCUT2D eigenvalue weighted by Crippen LogP contribution is 2.35. The van der Waals surface area contributed by atoms with Gasteiger partial charge in [-0.3, -0.25) is 9.19 Å². The lowest BCUT2D eigenvalue weighted by molar-refractivity contribution is 0.199. The van der Waals surface area contributed by atoms with Crippen molar-refractivity contribution in [3.05, 3.63) is 53.9 Å². The molecule has 3 rings (SSSR count). The second-order valence-electron chi connectivity index (χ2n) is 5.20. The number of aliphatic hydroxyl groups is 1. The molecule has 2 atom stereocenters. The number of hydrogen-bond donors (Lipinski definition) is 2. The van der Waals surface area contributed by atoms with Crippen molar-refractivity contribution in [2.75, 3.05) is 12.0 Å². The molecule has 0 aliphatic carbocycles. The van der Waals surface area contributed by atoms with Gasteiger partial charge in [-0.15, -0.1) is 0 Å². The summed E-state index contributed by atoms with van der Waals surface area (Å²) in [5.74, 6) is -1.95. The minimum absolute atomic E-state index is 0.0115. The summed E-state index contributed by atoms with van der Waals surface area (Å²) in [5, 5.41) is 10.7. The van der Waals surface area contributed by atoms with E-state index in [0.29, 0.717) is 27.9 Å². The summed E-state index contributed by atoms with van der Waals surface area (Å²) in [5.41, 5.74) is 1.69. The minimum atomic E-state index is -1.23. The second kappa shape index (κ2) is 6.17. The molecule has 0 saturated heterocycles. The fraction of sp³-hybridized carbons (Fsp3) is 0.188. The number of aliphatic hydroxyl groups excluding tert-OH is 1. The number of aromatic amines is 1. The van der Waals surface area contributed by atoms with Crippen LogP contribution in [0.25, 0.3) is 22.2 Å². The van der Waals surface area contributed by atoms with E-state index in [-0.39, 0.29) is 5.75 Å². The van der Waals surface area contributed by atoms with Crippen LogP contribution in [0.3, 0.4) is 0 Å². The van der Waals surface area contributed by atoms with Gasteiger partial charge in [0.05, 0.1) is 17.1 Å². The number of pyridine rings is 1. The number of benzene rings is 1. The highest BCUT2D eigenvalue weighted by molar-refractivity contribution is 7.84. The first-order valence-electron chi connectivity index (χ1n) is 6.87. The quantitative estimate of drug-likeness (QED) is 0.770. The van der Waals surface area contributed by atoms with E-state index in [9.17, 15) is 18.1 Å². The monoisotopic (exact) mass is 336 g/mol. The lowest BCUT2D eigenvalue weighted by Gasteiger charge is -2.10. The zero-order valence-electron chi connectivity index (χ0n) is 12.2. The van der Waals surface area contributed by atoms with Gasteiger partial charge in [-0.1, -0.05) is 6.07 Å². The first-order valence-corrected chi connectivity index (χ1v) is 8.60. The molecule has 0 radical (unpaired) electrons. The van der Waals surface area contributed by atoms with E-state index in [1.807, 2.05) is 0 Å². The third-order valence-electron chi connectivity index (χ3n) is 3.52. The molecule has 1 aromatic carbocycles. The van der Waals surface area contributed by atoms with Gasteiger partial charge in [0, 0.05) is 45.8 Å². The summed E-state index contributed by atoms with van der Waals surface area (Å²) >= 11 is 0. The van der Waals surface area contributed by atoms with Gasteiger partial charge in [-0.05, 0) is 18.2 Å². The third kappa shape index (κ3) is 3.02. The number of hydrogen-bond acceptors (Lipinski definition) is 3. The van der Waals surface area contributed by atoms with E-state index in [1.54, 1.807) is 24.4 Å². The lowest BCUT2D eigenvalue weighted by Crippen LogP contribution is -2.09. The molecule has 0 amide bonds. The maximum absolute atomic E-state index is 13.6. The Hall–Kier alpha value is -2.12. The number of fused-ring (bicyclic) bond motifs is 1. The van der Waals surface area contributed by atoms with E-state index in [4.69, 9.17) is 0 Å². The molecule has 0 aliphatic heterocycles. The third-order valence-corrected chi connectivity index (χ3v) is 4.30. The van der Waals surface area contributed by atoms with Crippen LogP contribution in [0.15, 0.2) is 36.5 Å². The normalized spacial score (nSPS) is 14.1. The molecule has 0 fully saturated rings. The molecule has 4 nitrogen and oxygen atoms in total. The van der Waals surface area contributed by atoms with E-state index in [0.717, 1.165) is 12.1 Å². The Balaban J connectivity index is 2.28. The molecule has 3 aromatic rings. The van der Waals surface area contributed by atoms with Gasteiger partial charge < -0.3 is 10.1 Å². The van der Waals surface area contributed by atoms with Crippen LogP contribution in [0.1, 0.15) is 11.8 Å². The predicted octanol–water partition coefficient (Wildman–Crippen LogP) is 2.92. The Morgan fingerprint density at radius 2 is 2.04 bits per heavy atom. The molecule has 2 heterocycles. The molecule has 0 spiro atoms. The Kier molecular flexibility index (Phi) is 4.23. The van der Waals surface area contributed by atoms with Crippen molar-refractivity contribution in [3.8, 4) is 11.3 Å². The Morgan fingerprint density at radius 3 is 2.70 bits per heavy atom. The van der Waals surface area contributed by atoms with Crippen LogP contribution in [-0.4, -0.2) is 31.3 Å². The number of aromatic nitrogens is 2. The average Bonchev–Trinajstić information content (AvgIpc) is 2.86. The van der Waals surface area contributed by atoms with Gasteiger partial charge >= 0.3 is 0 Å². The van der Waals surface area contributed by atoms with Gasteiger partial charge in [0.25, 0.3) is 0 Å². The standard InChI is InChI=1S/C16H14F2N2O2S/c1-23(22)8-14(21)16-15(12-4-2-3-5-19-12)9-6-10(17)11(18)7-13(9)20-16/h2-7,14,20-21H,8H2,1H3. The summed E-state index contributed by atoms with van der Waals surface area (Å²) in [6.07, 6.45) is 1.99. The number of rotatable bonds is 4. The van der Waals surface area contributed by atoms with Gasteiger partial charge in [-0.25, -0.2) is 8.78 Å². The zero-order valence-corrected chi connectivity index (χ0v) is 13.0. The van der Waals surface area contributed by atoms with Gasteiger partial charge in [0.1, 0.15) is 6.10 Å². The van der Waals surface area contributed by atoms with Crippen LogP contribution in [0.4, 0.5) is 8.78 Å². The van der Waals surface area contributed by atoms with Crippen molar-refractivity contribution in [2.45, 2.75) is 6.10 Å². The van der Waals surface area contributed by atoms with Crippen molar-refractivity contribution >= 4 is 21.7 Å². The van der Waals surface area contributed by atoms with Crippen LogP contribution in [-0.2, 0) is 10.8 Å². The lowest BCUT2D eigenvalue weighted by atomic mass is 10.0. The molecule has 23 heavy (non-hydrogen) atoms. The first-order chi connectivity index (χ1) is 11.0. The fourth-order valence-corrected chi connectivity index (χ4v) is 3.16. The molecule has 2 unspecified atom stereocenters. The van der Waals surface area contributed by atoms with E-state index in [1.165, 1.54) is 6.26 Å². The first kappa shape index (κ1) is 15.8. The molecule has 0 aliphatic rings.